The molecule has 3 aliphatic rings. The van der Waals surface area contributed by atoms with E-state index in [2.05, 4.69) is 0 Å². The summed E-state index contributed by atoms with van der Waals surface area (Å²) in [5.74, 6) is 0. The molecule has 3 fully saturated rings. The summed E-state index contributed by atoms with van der Waals surface area (Å²) in [5, 5.41) is 70.7. The van der Waals surface area contributed by atoms with Crippen molar-refractivity contribution in [2.45, 2.75) is 98.2 Å². The van der Waals surface area contributed by atoms with Crippen LogP contribution in [0, 0.1) is 0 Å². The Kier molecular flexibility index (Phi) is 8.99. The standard InChI is InChI=1S/C18H36N4O11/c19-2-6-10(25)12(27)8(22)17(30-6)32-15-5(21)1-4(20)9(24)16(15)33-18-14(29)13(28)11(26)7(3-23)31-18/h4-18,23-29H,1-3,19-22H2/t4-,5+,6-,7+,8-,9+,10-,11+,12-,13-,14+,15-,16-,17-,18-/m0/s1. The highest BCUT2D eigenvalue weighted by Crippen LogP contribution is 2.31. The number of rotatable bonds is 6. The van der Waals surface area contributed by atoms with E-state index in [1.54, 1.807) is 0 Å². The molecule has 3 rings (SSSR count). The second-order valence-corrected chi connectivity index (χ2v) is 8.79. The molecule has 15 N–H and O–H groups in total. The van der Waals surface area contributed by atoms with Crippen LogP contribution in [-0.2, 0) is 18.9 Å². The maximum absolute atomic E-state index is 10.7. The van der Waals surface area contributed by atoms with Crippen molar-refractivity contribution in [2.24, 2.45) is 22.9 Å². The lowest BCUT2D eigenvalue weighted by atomic mass is 9.84. The minimum atomic E-state index is -1.74. The van der Waals surface area contributed by atoms with Crippen LogP contribution in [0.1, 0.15) is 6.42 Å². The molecular formula is C18H36N4O11. The highest BCUT2D eigenvalue weighted by molar-refractivity contribution is 5.01. The van der Waals surface area contributed by atoms with Gasteiger partial charge < -0.3 is 77.6 Å². The number of aliphatic hydroxyl groups is 7. The number of hydrogen-bond acceptors (Lipinski definition) is 15. The van der Waals surface area contributed by atoms with E-state index in [1.807, 2.05) is 0 Å². The van der Waals surface area contributed by atoms with E-state index in [4.69, 9.17) is 41.9 Å². The molecule has 0 bridgehead atoms. The monoisotopic (exact) mass is 484 g/mol. The number of aliphatic hydroxyl groups excluding tert-OH is 7. The Labute approximate surface area is 189 Å². The molecule has 0 unspecified atom stereocenters. The first-order valence-electron chi connectivity index (χ1n) is 10.8. The fraction of sp³-hybridized carbons (Fsp3) is 1.00. The van der Waals surface area contributed by atoms with Crippen molar-refractivity contribution in [1.29, 1.82) is 0 Å². The Morgan fingerprint density at radius 1 is 0.667 bits per heavy atom. The van der Waals surface area contributed by atoms with Gasteiger partial charge in [-0.05, 0) is 6.42 Å². The van der Waals surface area contributed by atoms with Crippen molar-refractivity contribution in [3.8, 4) is 0 Å². The lowest BCUT2D eigenvalue weighted by Crippen LogP contribution is -2.69. The molecule has 2 saturated heterocycles. The van der Waals surface area contributed by atoms with Gasteiger partial charge in [-0.25, -0.2) is 0 Å². The van der Waals surface area contributed by atoms with E-state index in [0.29, 0.717) is 0 Å². The van der Waals surface area contributed by atoms with Crippen LogP contribution in [0.25, 0.3) is 0 Å². The lowest BCUT2D eigenvalue weighted by molar-refractivity contribution is -0.342. The molecule has 0 aromatic rings. The highest BCUT2D eigenvalue weighted by atomic mass is 16.7. The van der Waals surface area contributed by atoms with Gasteiger partial charge in [-0.3, -0.25) is 0 Å². The van der Waals surface area contributed by atoms with Gasteiger partial charge in [0.05, 0.1) is 18.8 Å². The minimum Gasteiger partial charge on any atom is -0.394 e. The first-order chi connectivity index (χ1) is 15.5. The third-order valence-corrected chi connectivity index (χ3v) is 6.48. The summed E-state index contributed by atoms with van der Waals surface area (Å²) in [7, 11) is 0. The zero-order valence-electron chi connectivity index (χ0n) is 17.9. The Morgan fingerprint density at radius 2 is 1.24 bits per heavy atom. The average Bonchev–Trinajstić information content (AvgIpc) is 2.79. The van der Waals surface area contributed by atoms with Gasteiger partial charge in [-0.15, -0.1) is 0 Å². The average molecular weight is 485 g/mol. The third-order valence-electron chi connectivity index (χ3n) is 6.48. The van der Waals surface area contributed by atoms with Gasteiger partial charge in [0.25, 0.3) is 0 Å². The summed E-state index contributed by atoms with van der Waals surface area (Å²) < 4.78 is 22.5. The first kappa shape index (κ1) is 27.0. The summed E-state index contributed by atoms with van der Waals surface area (Å²) in [4.78, 5) is 0. The molecule has 1 saturated carbocycles. The van der Waals surface area contributed by atoms with Crippen molar-refractivity contribution < 1.29 is 54.7 Å². The molecule has 1 aliphatic carbocycles. The van der Waals surface area contributed by atoms with E-state index in [9.17, 15) is 35.7 Å². The maximum Gasteiger partial charge on any atom is 0.187 e. The van der Waals surface area contributed by atoms with Gasteiger partial charge in [0.15, 0.2) is 12.6 Å². The summed E-state index contributed by atoms with van der Waals surface area (Å²) in [6.45, 7) is -0.817. The summed E-state index contributed by atoms with van der Waals surface area (Å²) in [5.41, 5.74) is 23.7. The van der Waals surface area contributed by atoms with E-state index in [-0.39, 0.29) is 13.0 Å². The Morgan fingerprint density at radius 3 is 1.85 bits per heavy atom. The SMILES string of the molecule is NC[C@@H]1O[C@@H](O[C@@H]2[C@@H](O[C@@H]3O[C@H](CO)[C@@H](O)[C@H](O)[C@H]3O)[C@H](O)[C@@H](N)C[C@H]2N)[C@@H](N)[C@H](O)[C@H]1O. The first-order valence-corrected chi connectivity index (χ1v) is 10.8. The lowest BCUT2D eigenvalue weighted by Gasteiger charge is -2.48. The fourth-order valence-corrected chi connectivity index (χ4v) is 4.37. The van der Waals surface area contributed by atoms with Gasteiger partial charge in [-0.2, -0.15) is 0 Å². The molecule has 194 valence electrons. The predicted octanol–water partition coefficient (Wildman–Crippen LogP) is -7.29. The number of ether oxygens (including phenoxy) is 4. The van der Waals surface area contributed by atoms with Gasteiger partial charge in [-0.1, -0.05) is 0 Å². The van der Waals surface area contributed by atoms with Crippen LogP contribution in [0.5, 0.6) is 0 Å². The van der Waals surface area contributed by atoms with Crippen LogP contribution in [0.2, 0.25) is 0 Å². The molecule has 0 aromatic heterocycles. The van der Waals surface area contributed by atoms with E-state index < -0.39 is 98.4 Å². The topological polar surface area (TPSA) is 283 Å². The molecule has 15 atom stereocenters. The molecule has 33 heavy (non-hydrogen) atoms. The minimum absolute atomic E-state index is 0.105. The van der Waals surface area contributed by atoms with Crippen LogP contribution in [-0.4, -0.2) is 141 Å². The highest BCUT2D eigenvalue weighted by Gasteiger charge is 2.52. The van der Waals surface area contributed by atoms with Crippen LogP contribution >= 0.6 is 0 Å². The Balaban J connectivity index is 1.80. The van der Waals surface area contributed by atoms with E-state index >= 15 is 0 Å². The zero-order chi connectivity index (χ0) is 24.6. The van der Waals surface area contributed by atoms with Crippen LogP contribution in [0.15, 0.2) is 0 Å². The zero-order valence-corrected chi connectivity index (χ0v) is 17.9. The third kappa shape index (κ3) is 5.32. The van der Waals surface area contributed by atoms with Crippen LogP contribution in [0.3, 0.4) is 0 Å². The van der Waals surface area contributed by atoms with Crippen molar-refractivity contribution in [2.75, 3.05) is 13.2 Å². The summed E-state index contributed by atoms with van der Waals surface area (Å²) >= 11 is 0. The molecule has 0 amide bonds. The molecule has 0 spiro atoms. The summed E-state index contributed by atoms with van der Waals surface area (Å²) in [6, 6.07) is -2.87. The number of hydrogen-bond donors (Lipinski definition) is 11. The summed E-state index contributed by atoms with van der Waals surface area (Å²) in [6.07, 6.45) is -16.7. The fourth-order valence-electron chi connectivity index (χ4n) is 4.37. The Hall–Kier alpha value is -0.600. The van der Waals surface area contributed by atoms with Crippen molar-refractivity contribution in [1.82, 2.24) is 0 Å². The molecule has 0 radical (unpaired) electrons. The number of nitrogens with two attached hydrogens (primary N) is 4. The predicted molar refractivity (Wildman–Crippen MR) is 108 cm³/mol. The van der Waals surface area contributed by atoms with Crippen molar-refractivity contribution >= 4 is 0 Å². The van der Waals surface area contributed by atoms with Gasteiger partial charge >= 0.3 is 0 Å². The largest absolute Gasteiger partial charge is 0.394 e. The molecule has 15 nitrogen and oxygen atoms in total. The molecule has 0 aromatic carbocycles. The molecular weight excluding hydrogens is 448 g/mol. The van der Waals surface area contributed by atoms with Crippen LogP contribution < -0.4 is 22.9 Å². The van der Waals surface area contributed by atoms with E-state index in [0.717, 1.165) is 0 Å². The van der Waals surface area contributed by atoms with Gasteiger partial charge in [0.1, 0.15) is 54.9 Å². The maximum atomic E-state index is 10.7. The van der Waals surface area contributed by atoms with Gasteiger partial charge in [0.2, 0.25) is 0 Å². The van der Waals surface area contributed by atoms with Crippen molar-refractivity contribution in [3.05, 3.63) is 0 Å². The van der Waals surface area contributed by atoms with E-state index in [1.165, 1.54) is 0 Å². The molecule has 2 aliphatic heterocycles. The second-order valence-electron chi connectivity index (χ2n) is 8.79. The molecule has 2 heterocycles. The van der Waals surface area contributed by atoms with Crippen molar-refractivity contribution in [3.63, 3.8) is 0 Å². The second kappa shape index (κ2) is 11.0. The van der Waals surface area contributed by atoms with Gasteiger partial charge in [0, 0.05) is 18.6 Å². The quantitative estimate of drug-likeness (QED) is 0.167. The van der Waals surface area contributed by atoms with Crippen LogP contribution in [0.4, 0.5) is 0 Å². The normalized spacial score (nSPS) is 53.7. The Bertz CT molecular complexity index is 634. The molecule has 15 heteroatoms. The smallest absolute Gasteiger partial charge is 0.187 e.